The highest BCUT2D eigenvalue weighted by Gasteiger charge is 2.24. The number of methoxy groups -OCH3 is 2. The summed E-state index contributed by atoms with van der Waals surface area (Å²) >= 11 is 6.14. The Labute approximate surface area is 215 Å². The zero-order chi connectivity index (χ0) is 26.1. The largest absolute Gasteiger partial charge is 0.497 e. The van der Waals surface area contributed by atoms with Gasteiger partial charge in [-0.15, -0.1) is 0 Å². The van der Waals surface area contributed by atoms with Gasteiger partial charge in [0.1, 0.15) is 30.4 Å². The van der Waals surface area contributed by atoms with Crippen LogP contribution in [-0.2, 0) is 21.4 Å². The zero-order valence-electron chi connectivity index (χ0n) is 20.0. The predicted octanol–water partition coefficient (Wildman–Crippen LogP) is 3.85. The number of carbonyl (C=O) groups excluding carboxylic acids is 1. The van der Waals surface area contributed by atoms with E-state index >= 15 is 0 Å². The van der Waals surface area contributed by atoms with Gasteiger partial charge < -0.3 is 14.2 Å². The summed E-state index contributed by atoms with van der Waals surface area (Å²) in [5.41, 5.74) is 4.10. The van der Waals surface area contributed by atoms with Crippen molar-refractivity contribution in [2.45, 2.75) is 6.61 Å². The number of hydrogen-bond acceptors (Lipinski definition) is 7. The lowest BCUT2D eigenvalue weighted by molar-refractivity contribution is -0.119. The van der Waals surface area contributed by atoms with Gasteiger partial charge in [0.2, 0.25) is 10.0 Å². The molecule has 9 nitrogen and oxygen atoms in total. The van der Waals surface area contributed by atoms with E-state index < -0.39 is 22.5 Å². The fourth-order valence-electron chi connectivity index (χ4n) is 3.14. The quantitative estimate of drug-likeness (QED) is 0.297. The summed E-state index contributed by atoms with van der Waals surface area (Å²) in [6.45, 7) is -0.174. The molecule has 0 saturated carbocycles. The Morgan fingerprint density at radius 3 is 2.36 bits per heavy atom. The molecule has 0 fully saturated rings. The summed E-state index contributed by atoms with van der Waals surface area (Å²) < 4.78 is 41.9. The third kappa shape index (κ3) is 7.37. The molecule has 0 aliphatic rings. The molecule has 0 aliphatic heterocycles. The number of hydrogen-bond donors (Lipinski definition) is 1. The molecule has 11 heteroatoms. The van der Waals surface area contributed by atoms with Crippen molar-refractivity contribution in [2.24, 2.45) is 5.10 Å². The van der Waals surface area contributed by atoms with Crippen LogP contribution in [0.2, 0.25) is 5.02 Å². The fourth-order valence-corrected chi connectivity index (χ4v) is 4.19. The van der Waals surface area contributed by atoms with Crippen LogP contribution in [0.4, 0.5) is 5.69 Å². The molecular weight excluding hydrogens is 506 g/mol. The van der Waals surface area contributed by atoms with Gasteiger partial charge in [0.25, 0.3) is 5.91 Å². The van der Waals surface area contributed by atoms with Crippen LogP contribution in [-0.4, -0.2) is 47.6 Å². The number of anilines is 1. The minimum atomic E-state index is -3.82. The lowest BCUT2D eigenvalue weighted by atomic mass is 10.2. The number of nitrogens with zero attached hydrogens (tertiary/aromatic N) is 2. The lowest BCUT2D eigenvalue weighted by Gasteiger charge is -2.23. The maximum atomic E-state index is 12.5. The highest BCUT2D eigenvalue weighted by atomic mass is 35.5. The first kappa shape index (κ1) is 26.8. The predicted molar refractivity (Wildman–Crippen MR) is 140 cm³/mol. The lowest BCUT2D eigenvalue weighted by Crippen LogP contribution is -2.39. The molecule has 0 unspecified atom stereocenters. The van der Waals surface area contributed by atoms with Crippen LogP contribution in [0, 0.1) is 0 Å². The van der Waals surface area contributed by atoms with E-state index in [2.05, 4.69) is 10.5 Å². The Kier molecular flexibility index (Phi) is 9.15. The number of benzene rings is 3. The highest BCUT2D eigenvalue weighted by Crippen LogP contribution is 2.33. The molecule has 190 valence electrons. The van der Waals surface area contributed by atoms with Crippen molar-refractivity contribution < 1.29 is 27.4 Å². The minimum absolute atomic E-state index is 0.172. The highest BCUT2D eigenvalue weighted by molar-refractivity contribution is 7.92. The van der Waals surface area contributed by atoms with E-state index in [0.717, 1.165) is 16.1 Å². The number of ether oxygens (including phenoxy) is 3. The Morgan fingerprint density at radius 1 is 1.03 bits per heavy atom. The van der Waals surface area contributed by atoms with Gasteiger partial charge in [-0.3, -0.25) is 9.10 Å². The molecule has 0 bridgehead atoms. The zero-order valence-corrected chi connectivity index (χ0v) is 21.5. The molecule has 0 saturated heterocycles. The second-order valence-electron chi connectivity index (χ2n) is 7.55. The van der Waals surface area contributed by atoms with Crippen molar-refractivity contribution >= 4 is 39.4 Å². The van der Waals surface area contributed by atoms with Gasteiger partial charge >= 0.3 is 0 Å². The average molecular weight is 532 g/mol. The molecule has 36 heavy (non-hydrogen) atoms. The summed E-state index contributed by atoms with van der Waals surface area (Å²) in [6.07, 6.45) is 2.44. The van der Waals surface area contributed by atoms with Crippen molar-refractivity contribution in [3.63, 3.8) is 0 Å². The molecule has 0 aromatic heterocycles. The molecule has 0 heterocycles. The first-order chi connectivity index (χ1) is 17.2. The van der Waals surface area contributed by atoms with Crippen LogP contribution in [0.3, 0.4) is 0 Å². The summed E-state index contributed by atoms with van der Waals surface area (Å²) in [5, 5.41) is 4.56. The van der Waals surface area contributed by atoms with Gasteiger partial charge in [-0.2, -0.15) is 5.10 Å². The van der Waals surface area contributed by atoms with E-state index in [1.54, 1.807) is 42.5 Å². The first-order valence-corrected chi connectivity index (χ1v) is 12.9. The van der Waals surface area contributed by atoms with Crippen molar-refractivity contribution in [3.8, 4) is 17.2 Å². The smallest absolute Gasteiger partial charge is 0.260 e. The topological polar surface area (TPSA) is 107 Å². The monoisotopic (exact) mass is 531 g/mol. The normalized spacial score (nSPS) is 11.2. The first-order valence-electron chi connectivity index (χ1n) is 10.7. The van der Waals surface area contributed by atoms with Gasteiger partial charge in [0.05, 0.1) is 32.4 Å². The van der Waals surface area contributed by atoms with E-state index in [0.29, 0.717) is 28.7 Å². The number of amides is 1. The summed E-state index contributed by atoms with van der Waals surface area (Å²) in [5.74, 6) is 0.694. The molecule has 3 aromatic rings. The van der Waals surface area contributed by atoms with E-state index in [-0.39, 0.29) is 11.4 Å². The molecule has 1 N–H and O–H groups in total. The number of sulfonamides is 1. The Hall–Kier alpha value is -3.76. The molecule has 0 spiro atoms. The third-order valence-electron chi connectivity index (χ3n) is 4.98. The van der Waals surface area contributed by atoms with Gasteiger partial charge in [-0.1, -0.05) is 29.8 Å². The Balaban J connectivity index is 1.61. The average Bonchev–Trinajstić information content (AvgIpc) is 2.86. The van der Waals surface area contributed by atoms with Crippen molar-refractivity contribution in [2.75, 3.05) is 31.3 Å². The van der Waals surface area contributed by atoms with Gasteiger partial charge in [-0.05, 0) is 48.0 Å². The van der Waals surface area contributed by atoms with Crippen LogP contribution in [0.5, 0.6) is 17.2 Å². The SMILES string of the molecule is COc1ccc(OC)c(N(CC(=O)N/N=C\c2ccc(OCc3ccccc3Cl)cc2)S(C)(=O)=O)c1. The van der Waals surface area contributed by atoms with Gasteiger partial charge in [0.15, 0.2) is 0 Å². The van der Waals surface area contributed by atoms with Crippen LogP contribution in [0.15, 0.2) is 71.8 Å². The maximum absolute atomic E-state index is 12.5. The third-order valence-corrected chi connectivity index (χ3v) is 6.47. The second kappa shape index (κ2) is 12.3. The van der Waals surface area contributed by atoms with E-state index in [1.165, 1.54) is 26.5 Å². The van der Waals surface area contributed by atoms with E-state index in [9.17, 15) is 13.2 Å². The molecule has 0 atom stereocenters. The molecule has 1 amide bonds. The Bertz CT molecular complexity index is 1330. The van der Waals surface area contributed by atoms with Gasteiger partial charge in [-0.25, -0.2) is 13.8 Å². The number of rotatable bonds is 11. The summed E-state index contributed by atoms with van der Waals surface area (Å²) in [7, 11) is -0.958. The van der Waals surface area contributed by atoms with Crippen LogP contribution in [0.25, 0.3) is 0 Å². The summed E-state index contributed by atoms with van der Waals surface area (Å²) in [4.78, 5) is 12.5. The Morgan fingerprint density at radius 2 is 1.72 bits per heavy atom. The van der Waals surface area contributed by atoms with E-state index in [1.807, 2.05) is 18.2 Å². The van der Waals surface area contributed by atoms with Crippen molar-refractivity contribution in [3.05, 3.63) is 82.9 Å². The summed E-state index contributed by atoms with van der Waals surface area (Å²) in [6, 6.07) is 19.2. The second-order valence-corrected chi connectivity index (χ2v) is 9.86. The van der Waals surface area contributed by atoms with Crippen LogP contribution < -0.4 is 23.9 Å². The molecular formula is C25H26ClN3O6S. The standard InChI is InChI=1S/C25H26ClN3O6S/c1-33-21-12-13-24(34-2)23(14-21)29(36(3,31)32)16-25(30)28-27-15-18-8-10-20(11-9-18)35-17-19-6-4-5-7-22(19)26/h4-15H,16-17H2,1-3H3,(H,28,30)/b27-15-. The van der Waals surface area contributed by atoms with Crippen molar-refractivity contribution in [1.29, 1.82) is 0 Å². The number of hydrazone groups is 1. The number of halogens is 1. The number of nitrogens with one attached hydrogen (secondary N) is 1. The minimum Gasteiger partial charge on any atom is -0.497 e. The molecule has 3 aromatic carbocycles. The van der Waals surface area contributed by atoms with Gasteiger partial charge in [0, 0.05) is 16.7 Å². The fraction of sp³-hybridized carbons (Fsp3) is 0.200. The maximum Gasteiger partial charge on any atom is 0.260 e. The van der Waals surface area contributed by atoms with E-state index in [4.69, 9.17) is 25.8 Å². The van der Waals surface area contributed by atoms with Crippen LogP contribution >= 0.6 is 11.6 Å². The molecule has 0 radical (unpaired) electrons. The molecule has 0 aliphatic carbocycles. The number of carbonyl (C=O) groups is 1. The van der Waals surface area contributed by atoms with Crippen LogP contribution in [0.1, 0.15) is 11.1 Å². The molecule has 3 rings (SSSR count). The van der Waals surface area contributed by atoms with Crippen molar-refractivity contribution in [1.82, 2.24) is 5.43 Å².